The van der Waals surface area contributed by atoms with Crippen LogP contribution in [0.3, 0.4) is 0 Å². The predicted molar refractivity (Wildman–Crippen MR) is 67.6 cm³/mol. The second-order valence-electron chi connectivity index (χ2n) is 3.63. The zero-order chi connectivity index (χ0) is 12.1. The second-order valence-corrected chi connectivity index (χ2v) is 4.07. The van der Waals surface area contributed by atoms with Crippen molar-refractivity contribution in [1.82, 2.24) is 5.32 Å². The molecule has 4 heteroatoms. The van der Waals surface area contributed by atoms with Gasteiger partial charge in [0.25, 0.3) is 5.91 Å². The second kappa shape index (κ2) is 5.56. The Labute approximate surface area is 100 Å². The molecule has 0 bridgehead atoms. The van der Waals surface area contributed by atoms with Gasteiger partial charge < -0.3 is 11.1 Å². The number of nitrogen functional groups attached to an aromatic ring is 1. The van der Waals surface area contributed by atoms with E-state index in [4.69, 9.17) is 17.3 Å². The van der Waals surface area contributed by atoms with Crippen LogP contribution in [0.25, 0.3) is 0 Å². The van der Waals surface area contributed by atoms with E-state index in [1.54, 1.807) is 24.3 Å². The molecule has 0 fully saturated rings. The Morgan fingerprint density at radius 3 is 3.00 bits per heavy atom. The largest absolute Gasteiger partial charge is 0.398 e. The summed E-state index contributed by atoms with van der Waals surface area (Å²) in [6.07, 6.45) is 2.47. The summed E-state index contributed by atoms with van der Waals surface area (Å²) in [5.74, 6) is -0.214. The average molecular weight is 239 g/mol. The third-order valence-corrected chi connectivity index (χ3v) is 2.39. The van der Waals surface area contributed by atoms with Gasteiger partial charge in [-0.1, -0.05) is 17.7 Å². The molecule has 0 heterocycles. The van der Waals surface area contributed by atoms with Gasteiger partial charge in [0.15, 0.2) is 0 Å². The van der Waals surface area contributed by atoms with Crippen molar-refractivity contribution in [3.8, 4) is 0 Å². The van der Waals surface area contributed by atoms with Crippen LogP contribution in [0.2, 0.25) is 5.02 Å². The highest BCUT2D eigenvalue weighted by Crippen LogP contribution is 2.17. The molecule has 0 saturated carbocycles. The first-order valence-corrected chi connectivity index (χ1v) is 5.39. The molecule has 3 N–H and O–H groups in total. The summed E-state index contributed by atoms with van der Waals surface area (Å²) in [7, 11) is 0. The fourth-order valence-electron chi connectivity index (χ4n) is 1.34. The minimum absolute atomic E-state index is 0.0309. The molecule has 1 amide bonds. The number of nitrogens with two attached hydrogens (primary N) is 1. The number of rotatable bonds is 4. The quantitative estimate of drug-likeness (QED) is 0.626. The van der Waals surface area contributed by atoms with Crippen LogP contribution in [0, 0.1) is 0 Å². The van der Waals surface area contributed by atoms with Gasteiger partial charge >= 0.3 is 0 Å². The van der Waals surface area contributed by atoms with E-state index in [-0.39, 0.29) is 11.9 Å². The molecule has 0 aromatic heterocycles. The third kappa shape index (κ3) is 3.28. The van der Waals surface area contributed by atoms with Crippen molar-refractivity contribution in [2.45, 2.75) is 19.4 Å². The number of carbonyl (C=O) groups excluding carboxylic acids is 1. The van der Waals surface area contributed by atoms with Crippen molar-refractivity contribution in [2.24, 2.45) is 0 Å². The van der Waals surface area contributed by atoms with Gasteiger partial charge in [-0.2, -0.15) is 0 Å². The van der Waals surface area contributed by atoms with Gasteiger partial charge in [0, 0.05) is 16.8 Å². The van der Waals surface area contributed by atoms with Gasteiger partial charge in [-0.25, -0.2) is 0 Å². The van der Waals surface area contributed by atoms with Crippen LogP contribution in [-0.2, 0) is 0 Å². The molecular weight excluding hydrogens is 224 g/mol. The Balaban J connectivity index is 2.80. The normalized spacial score (nSPS) is 11.9. The van der Waals surface area contributed by atoms with E-state index >= 15 is 0 Å². The first kappa shape index (κ1) is 12.6. The van der Waals surface area contributed by atoms with E-state index in [9.17, 15) is 4.79 Å². The van der Waals surface area contributed by atoms with Crippen LogP contribution in [0.5, 0.6) is 0 Å². The minimum atomic E-state index is -0.214. The SMILES string of the molecule is C=CCC(C)NC(=O)c1cc(Cl)ccc1N. The molecule has 1 unspecified atom stereocenters. The summed E-state index contributed by atoms with van der Waals surface area (Å²) in [5, 5.41) is 3.31. The molecule has 3 nitrogen and oxygen atoms in total. The maximum atomic E-state index is 11.8. The topological polar surface area (TPSA) is 55.1 Å². The summed E-state index contributed by atoms with van der Waals surface area (Å²) in [4.78, 5) is 11.8. The fourth-order valence-corrected chi connectivity index (χ4v) is 1.51. The lowest BCUT2D eigenvalue weighted by Crippen LogP contribution is -2.32. The van der Waals surface area contributed by atoms with Crippen molar-refractivity contribution in [3.05, 3.63) is 41.4 Å². The van der Waals surface area contributed by atoms with Crippen molar-refractivity contribution in [1.29, 1.82) is 0 Å². The first-order valence-electron chi connectivity index (χ1n) is 5.01. The number of hydrogen-bond acceptors (Lipinski definition) is 2. The Hall–Kier alpha value is -1.48. The number of hydrogen-bond donors (Lipinski definition) is 2. The highest BCUT2D eigenvalue weighted by atomic mass is 35.5. The van der Waals surface area contributed by atoms with Crippen molar-refractivity contribution in [2.75, 3.05) is 5.73 Å². The molecule has 1 aromatic rings. The van der Waals surface area contributed by atoms with E-state index in [2.05, 4.69) is 11.9 Å². The Bertz CT molecular complexity index is 404. The van der Waals surface area contributed by atoms with Crippen molar-refractivity contribution in [3.63, 3.8) is 0 Å². The minimum Gasteiger partial charge on any atom is -0.398 e. The van der Waals surface area contributed by atoms with E-state index < -0.39 is 0 Å². The summed E-state index contributed by atoms with van der Waals surface area (Å²) < 4.78 is 0. The molecule has 0 aliphatic carbocycles. The number of halogens is 1. The lowest BCUT2D eigenvalue weighted by Gasteiger charge is -2.13. The fraction of sp³-hybridized carbons (Fsp3) is 0.250. The maximum absolute atomic E-state index is 11.8. The Morgan fingerprint density at radius 2 is 2.38 bits per heavy atom. The van der Waals surface area contributed by atoms with Gasteiger partial charge in [0.05, 0.1) is 5.56 Å². The number of anilines is 1. The summed E-state index contributed by atoms with van der Waals surface area (Å²) in [6, 6.07) is 4.87. The third-order valence-electron chi connectivity index (χ3n) is 2.16. The van der Waals surface area contributed by atoms with Crippen molar-refractivity contribution >= 4 is 23.2 Å². The molecule has 1 rings (SSSR count). The molecule has 0 radical (unpaired) electrons. The highest BCUT2D eigenvalue weighted by molar-refractivity contribution is 6.31. The Morgan fingerprint density at radius 1 is 1.69 bits per heavy atom. The summed E-state index contributed by atoms with van der Waals surface area (Å²) >= 11 is 5.81. The molecule has 0 aliphatic rings. The zero-order valence-electron chi connectivity index (χ0n) is 9.16. The molecule has 1 atom stereocenters. The molecule has 0 saturated heterocycles. The molecule has 1 aromatic carbocycles. The maximum Gasteiger partial charge on any atom is 0.253 e. The smallest absolute Gasteiger partial charge is 0.253 e. The number of nitrogens with one attached hydrogen (secondary N) is 1. The van der Waals surface area contributed by atoms with Crippen LogP contribution in [0.1, 0.15) is 23.7 Å². The van der Waals surface area contributed by atoms with Gasteiger partial charge in [-0.05, 0) is 31.5 Å². The monoisotopic (exact) mass is 238 g/mol. The Kier molecular flexibility index (Phi) is 4.38. The standard InChI is InChI=1S/C12H15ClN2O/c1-3-4-8(2)15-12(16)10-7-9(13)5-6-11(10)14/h3,5-8H,1,4,14H2,2H3,(H,15,16). The van der Waals surface area contributed by atoms with Crippen LogP contribution in [-0.4, -0.2) is 11.9 Å². The van der Waals surface area contributed by atoms with E-state index in [0.29, 0.717) is 22.7 Å². The molecule has 86 valence electrons. The van der Waals surface area contributed by atoms with E-state index in [1.165, 1.54) is 0 Å². The molecule has 0 aliphatic heterocycles. The number of amides is 1. The molecule has 16 heavy (non-hydrogen) atoms. The zero-order valence-corrected chi connectivity index (χ0v) is 9.92. The van der Waals surface area contributed by atoms with Crippen LogP contribution >= 0.6 is 11.6 Å². The van der Waals surface area contributed by atoms with Gasteiger partial charge in [-0.3, -0.25) is 4.79 Å². The molecule has 0 spiro atoms. The van der Waals surface area contributed by atoms with Crippen LogP contribution in [0.4, 0.5) is 5.69 Å². The summed E-state index contributed by atoms with van der Waals surface area (Å²) in [6.45, 7) is 5.52. The van der Waals surface area contributed by atoms with Crippen LogP contribution in [0.15, 0.2) is 30.9 Å². The van der Waals surface area contributed by atoms with Gasteiger partial charge in [0.1, 0.15) is 0 Å². The first-order chi connectivity index (χ1) is 7.54. The summed E-state index contributed by atoms with van der Waals surface area (Å²) in [5.41, 5.74) is 6.53. The molecular formula is C12H15ClN2O. The van der Waals surface area contributed by atoms with Gasteiger partial charge in [0.2, 0.25) is 0 Å². The lowest BCUT2D eigenvalue weighted by molar-refractivity contribution is 0.0941. The van der Waals surface area contributed by atoms with Gasteiger partial charge in [-0.15, -0.1) is 6.58 Å². The number of carbonyl (C=O) groups is 1. The number of benzene rings is 1. The predicted octanol–water partition coefficient (Wildman–Crippen LogP) is 2.62. The lowest BCUT2D eigenvalue weighted by atomic mass is 10.1. The van der Waals surface area contributed by atoms with E-state index in [0.717, 1.165) is 0 Å². The van der Waals surface area contributed by atoms with Crippen molar-refractivity contribution < 1.29 is 4.79 Å². The average Bonchev–Trinajstić information content (AvgIpc) is 2.21. The van der Waals surface area contributed by atoms with Crippen LogP contribution < -0.4 is 11.1 Å². The van der Waals surface area contributed by atoms with E-state index in [1.807, 2.05) is 6.92 Å². The highest BCUT2D eigenvalue weighted by Gasteiger charge is 2.12.